The van der Waals surface area contributed by atoms with Crippen molar-refractivity contribution in [2.24, 2.45) is 0 Å². The second-order valence-electron chi connectivity index (χ2n) is 7.59. The van der Waals surface area contributed by atoms with Crippen LogP contribution in [-0.2, 0) is 0 Å². The average molecular weight is 412 g/mol. The number of aliphatic hydroxyl groups excluding tert-OH is 1. The lowest BCUT2D eigenvalue weighted by Gasteiger charge is -2.20. The molecule has 0 bridgehead atoms. The minimum absolute atomic E-state index is 0.189. The molecule has 30 heavy (non-hydrogen) atoms. The van der Waals surface area contributed by atoms with Crippen LogP contribution >= 0.6 is 11.3 Å². The average Bonchev–Trinajstić information content (AvgIpc) is 3.34. The molecule has 0 saturated heterocycles. The maximum Gasteiger partial charge on any atom is 0.139 e. The van der Waals surface area contributed by atoms with Gasteiger partial charge < -0.3 is 10.0 Å². The smallest absolute Gasteiger partial charge is 0.139 e. The molecule has 1 aliphatic rings. The molecule has 0 fully saturated rings. The standard InChI is InChI=1S/C25H21N3OS/c1-15-10-11-18(12-16(15)2)20-14-30-25(27-20)23-22(29)13-28(24(23)26)21-9-5-7-17-6-3-4-8-19(17)21/h3-12,14,26,29H,13H2,1-2H3. The van der Waals surface area contributed by atoms with E-state index in [9.17, 15) is 5.11 Å². The normalized spacial score (nSPS) is 14.2. The number of anilines is 1. The monoisotopic (exact) mass is 411 g/mol. The molecule has 0 saturated carbocycles. The number of amidine groups is 1. The zero-order valence-corrected chi connectivity index (χ0v) is 17.6. The number of fused-ring (bicyclic) bond motifs is 1. The summed E-state index contributed by atoms with van der Waals surface area (Å²) in [6.07, 6.45) is 0. The fraction of sp³-hybridized carbons (Fsp3) is 0.120. The lowest BCUT2D eigenvalue weighted by Crippen LogP contribution is -2.26. The Morgan fingerprint density at radius 2 is 1.80 bits per heavy atom. The molecular weight excluding hydrogens is 390 g/mol. The quantitative estimate of drug-likeness (QED) is 0.413. The molecule has 0 radical (unpaired) electrons. The molecule has 2 N–H and O–H groups in total. The van der Waals surface area contributed by atoms with Crippen molar-refractivity contribution in [3.8, 4) is 11.3 Å². The summed E-state index contributed by atoms with van der Waals surface area (Å²) in [7, 11) is 0. The predicted molar refractivity (Wildman–Crippen MR) is 126 cm³/mol. The van der Waals surface area contributed by atoms with Crippen LogP contribution in [0.25, 0.3) is 27.6 Å². The number of rotatable bonds is 3. The molecule has 2 heterocycles. The Hall–Kier alpha value is -3.44. The summed E-state index contributed by atoms with van der Waals surface area (Å²) in [4.78, 5) is 6.61. The van der Waals surface area contributed by atoms with E-state index < -0.39 is 0 Å². The highest BCUT2D eigenvalue weighted by atomic mass is 32.1. The third-order valence-corrected chi connectivity index (χ3v) is 6.54. The molecule has 4 nitrogen and oxygen atoms in total. The molecule has 5 heteroatoms. The summed E-state index contributed by atoms with van der Waals surface area (Å²) in [5, 5.41) is 24.4. The molecule has 5 rings (SSSR count). The predicted octanol–water partition coefficient (Wildman–Crippen LogP) is 6.35. The molecule has 0 atom stereocenters. The number of hydrogen-bond acceptors (Lipinski definition) is 4. The Morgan fingerprint density at radius 3 is 2.63 bits per heavy atom. The van der Waals surface area contributed by atoms with Gasteiger partial charge in [-0.1, -0.05) is 48.5 Å². The van der Waals surface area contributed by atoms with Crippen molar-refractivity contribution < 1.29 is 5.11 Å². The molecule has 0 aliphatic carbocycles. The van der Waals surface area contributed by atoms with Crippen molar-refractivity contribution in [1.82, 2.24) is 4.98 Å². The van der Waals surface area contributed by atoms with Gasteiger partial charge in [0, 0.05) is 16.3 Å². The first-order valence-electron chi connectivity index (χ1n) is 9.83. The number of hydrogen-bond donors (Lipinski definition) is 2. The van der Waals surface area contributed by atoms with Crippen LogP contribution in [0.5, 0.6) is 0 Å². The van der Waals surface area contributed by atoms with Gasteiger partial charge in [-0.15, -0.1) is 11.3 Å². The van der Waals surface area contributed by atoms with Crippen LogP contribution in [0.1, 0.15) is 16.1 Å². The Balaban J connectivity index is 1.50. The lowest BCUT2D eigenvalue weighted by atomic mass is 10.1. The van der Waals surface area contributed by atoms with Gasteiger partial charge in [-0.25, -0.2) is 4.98 Å². The molecule has 0 unspecified atom stereocenters. The van der Waals surface area contributed by atoms with E-state index >= 15 is 0 Å². The SMILES string of the molecule is Cc1ccc(-c2csc(C3=C(O)CN(c4cccc5ccccc45)C3=N)n2)cc1C. The van der Waals surface area contributed by atoms with Crippen LogP contribution < -0.4 is 4.90 Å². The highest BCUT2D eigenvalue weighted by molar-refractivity contribution is 7.11. The second kappa shape index (κ2) is 7.11. The maximum absolute atomic E-state index is 10.7. The number of nitrogens with one attached hydrogen (secondary N) is 1. The van der Waals surface area contributed by atoms with Gasteiger partial charge >= 0.3 is 0 Å². The van der Waals surface area contributed by atoms with Gasteiger partial charge in [0.25, 0.3) is 0 Å². The molecule has 0 amide bonds. The number of nitrogens with zero attached hydrogens (tertiary/aromatic N) is 2. The van der Waals surface area contributed by atoms with Crippen molar-refractivity contribution in [3.63, 3.8) is 0 Å². The van der Waals surface area contributed by atoms with Crippen molar-refractivity contribution in [2.75, 3.05) is 11.4 Å². The van der Waals surface area contributed by atoms with E-state index in [1.807, 2.05) is 40.6 Å². The van der Waals surface area contributed by atoms with E-state index in [1.165, 1.54) is 22.5 Å². The summed E-state index contributed by atoms with van der Waals surface area (Å²) in [5.74, 6) is 0.471. The van der Waals surface area contributed by atoms with Crippen LogP contribution in [0.3, 0.4) is 0 Å². The first-order valence-corrected chi connectivity index (χ1v) is 10.7. The third-order valence-electron chi connectivity index (χ3n) is 5.68. The number of thiazole rings is 1. The maximum atomic E-state index is 10.7. The van der Waals surface area contributed by atoms with Crippen LogP contribution in [0.2, 0.25) is 0 Å². The van der Waals surface area contributed by atoms with E-state index in [4.69, 9.17) is 10.4 Å². The van der Waals surface area contributed by atoms with E-state index in [2.05, 4.69) is 44.2 Å². The topological polar surface area (TPSA) is 60.2 Å². The molecule has 148 valence electrons. The fourth-order valence-electron chi connectivity index (χ4n) is 3.88. The summed E-state index contributed by atoms with van der Waals surface area (Å²) in [5.41, 5.74) is 5.83. The Bertz CT molecular complexity index is 1330. The van der Waals surface area contributed by atoms with Gasteiger partial charge in [-0.05, 0) is 42.5 Å². The first-order chi connectivity index (χ1) is 14.5. The Kier molecular flexibility index (Phi) is 4.40. The lowest BCUT2D eigenvalue weighted by molar-refractivity contribution is 0.411. The number of aryl methyl sites for hydroxylation is 2. The second-order valence-corrected chi connectivity index (χ2v) is 8.45. The van der Waals surface area contributed by atoms with E-state index in [0.29, 0.717) is 10.6 Å². The van der Waals surface area contributed by atoms with Crippen LogP contribution in [-0.4, -0.2) is 22.5 Å². The Labute approximate surface area is 179 Å². The van der Waals surface area contributed by atoms with Crippen LogP contribution in [0.4, 0.5) is 5.69 Å². The van der Waals surface area contributed by atoms with Crippen LogP contribution in [0, 0.1) is 19.3 Å². The molecule has 0 spiro atoms. The van der Waals surface area contributed by atoms with Gasteiger partial charge in [-0.2, -0.15) is 0 Å². The van der Waals surface area contributed by atoms with E-state index in [0.717, 1.165) is 27.7 Å². The largest absolute Gasteiger partial charge is 0.510 e. The van der Waals surface area contributed by atoms with Crippen molar-refractivity contribution in [3.05, 3.63) is 87.9 Å². The van der Waals surface area contributed by atoms with Crippen molar-refractivity contribution in [2.45, 2.75) is 13.8 Å². The summed E-state index contributed by atoms with van der Waals surface area (Å²) in [6.45, 7) is 4.46. The molecule has 3 aromatic carbocycles. The van der Waals surface area contributed by atoms with Gasteiger partial charge in [0.1, 0.15) is 16.6 Å². The number of benzene rings is 3. The minimum Gasteiger partial charge on any atom is -0.510 e. The first kappa shape index (κ1) is 18.6. The van der Waals surface area contributed by atoms with Crippen molar-refractivity contribution >= 4 is 39.2 Å². The number of aliphatic hydroxyl groups is 1. The Morgan fingerprint density at radius 1 is 1.00 bits per heavy atom. The molecule has 1 aromatic heterocycles. The third kappa shape index (κ3) is 2.99. The van der Waals surface area contributed by atoms with Crippen molar-refractivity contribution in [1.29, 1.82) is 5.41 Å². The van der Waals surface area contributed by atoms with Gasteiger partial charge in [0.15, 0.2) is 0 Å². The van der Waals surface area contributed by atoms with E-state index in [-0.39, 0.29) is 18.1 Å². The highest BCUT2D eigenvalue weighted by Gasteiger charge is 2.32. The molecule has 4 aromatic rings. The highest BCUT2D eigenvalue weighted by Crippen LogP contribution is 2.37. The summed E-state index contributed by atoms with van der Waals surface area (Å²) in [6, 6.07) is 20.4. The summed E-state index contributed by atoms with van der Waals surface area (Å²) < 4.78 is 0. The molecular formula is C25H21N3OS. The summed E-state index contributed by atoms with van der Waals surface area (Å²) >= 11 is 1.46. The zero-order chi connectivity index (χ0) is 20.8. The molecule has 1 aliphatic heterocycles. The zero-order valence-electron chi connectivity index (χ0n) is 16.8. The van der Waals surface area contributed by atoms with Gasteiger partial charge in [0.05, 0.1) is 23.5 Å². The van der Waals surface area contributed by atoms with Gasteiger partial charge in [0.2, 0.25) is 0 Å². The fourth-order valence-corrected chi connectivity index (χ4v) is 4.77. The minimum atomic E-state index is 0.189. The van der Waals surface area contributed by atoms with Gasteiger partial charge in [-0.3, -0.25) is 5.41 Å². The number of aromatic nitrogens is 1. The van der Waals surface area contributed by atoms with E-state index in [1.54, 1.807) is 0 Å². The van der Waals surface area contributed by atoms with Crippen LogP contribution in [0.15, 0.2) is 71.8 Å².